The van der Waals surface area contributed by atoms with Gasteiger partial charge in [0, 0.05) is 19.8 Å². The molecule has 1 atom stereocenters. The number of ether oxygens (including phenoxy) is 3. The van der Waals surface area contributed by atoms with E-state index in [-0.39, 0.29) is 0 Å². The van der Waals surface area contributed by atoms with Crippen LogP contribution in [0.2, 0.25) is 0 Å². The van der Waals surface area contributed by atoms with Gasteiger partial charge < -0.3 is 14.2 Å². The molecule has 1 aliphatic heterocycles. The molecule has 1 aliphatic rings. The highest BCUT2D eigenvalue weighted by atomic mass is 16.5. The Balaban J connectivity index is 1.76. The molecule has 1 saturated heterocycles. The highest BCUT2D eigenvalue weighted by molar-refractivity contribution is 4.67. The second-order valence-electron chi connectivity index (χ2n) is 4.29. The van der Waals surface area contributed by atoms with Gasteiger partial charge in [-0.2, -0.15) is 5.26 Å². The van der Waals surface area contributed by atoms with Gasteiger partial charge >= 0.3 is 0 Å². The van der Waals surface area contributed by atoms with Gasteiger partial charge in [0.2, 0.25) is 0 Å². The predicted octanol–water partition coefficient (Wildman–Crippen LogP) is 2.28. The lowest BCUT2D eigenvalue weighted by molar-refractivity contribution is -0.0416. The lowest BCUT2D eigenvalue weighted by atomic mass is 10.1. The molecule has 0 saturated carbocycles. The maximum absolute atomic E-state index is 8.30. The third-order valence-corrected chi connectivity index (χ3v) is 2.76. The van der Waals surface area contributed by atoms with Crippen molar-refractivity contribution >= 4 is 0 Å². The van der Waals surface area contributed by atoms with Crippen molar-refractivity contribution in [1.29, 1.82) is 5.26 Å². The molecular weight excluding hydrogens is 218 g/mol. The van der Waals surface area contributed by atoms with Crippen LogP contribution in [-0.4, -0.2) is 39.1 Å². The molecule has 1 heterocycles. The largest absolute Gasteiger partial charge is 0.380 e. The molecule has 0 bridgehead atoms. The summed E-state index contributed by atoms with van der Waals surface area (Å²) in [5.74, 6) is 0. The first kappa shape index (κ1) is 14.4. The van der Waals surface area contributed by atoms with Crippen molar-refractivity contribution in [2.45, 2.75) is 44.6 Å². The van der Waals surface area contributed by atoms with E-state index in [9.17, 15) is 0 Å². The zero-order valence-electron chi connectivity index (χ0n) is 10.5. The third kappa shape index (κ3) is 8.14. The summed E-state index contributed by atoms with van der Waals surface area (Å²) < 4.78 is 16.4. The van der Waals surface area contributed by atoms with E-state index in [0.29, 0.717) is 19.1 Å². The molecule has 0 aromatic heterocycles. The van der Waals surface area contributed by atoms with E-state index in [2.05, 4.69) is 6.07 Å². The molecule has 0 radical (unpaired) electrons. The molecule has 98 valence electrons. The van der Waals surface area contributed by atoms with E-state index in [1.165, 1.54) is 12.8 Å². The molecule has 0 aromatic rings. The van der Waals surface area contributed by atoms with Gasteiger partial charge in [-0.25, -0.2) is 0 Å². The fourth-order valence-corrected chi connectivity index (χ4v) is 1.78. The van der Waals surface area contributed by atoms with Crippen molar-refractivity contribution in [3.63, 3.8) is 0 Å². The number of nitriles is 1. The molecule has 0 spiro atoms. The van der Waals surface area contributed by atoms with Gasteiger partial charge in [0.1, 0.15) is 0 Å². The fraction of sp³-hybridized carbons (Fsp3) is 0.923. The smallest absolute Gasteiger partial charge is 0.0808 e. The molecule has 17 heavy (non-hydrogen) atoms. The van der Waals surface area contributed by atoms with Crippen LogP contribution in [0.1, 0.15) is 38.5 Å². The summed E-state index contributed by atoms with van der Waals surface area (Å²) in [6.07, 6.45) is 6.40. The van der Waals surface area contributed by atoms with Gasteiger partial charge in [-0.05, 0) is 32.1 Å². The lowest BCUT2D eigenvalue weighted by Gasteiger charge is -2.22. The average Bonchev–Trinajstić information content (AvgIpc) is 2.38. The SMILES string of the molecule is N#CCCOCCCCOCC1CCCCO1. The molecule has 0 aliphatic carbocycles. The lowest BCUT2D eigenvalue weighted by Crippen LogP contribution is -2.24. The Labute approximate surface area is 104 Å². The molecular formula is C13H23NO3. The van der Waals surface area contributed by atoms with Gasteiger partial charge in [0.15, 0.2) is 0 Å². The van der Waals surface area contributed by atoms with Crippen LogP contribution in [0.4, 0.5) is 0 Å². The minimum absolute atomic E-state index is 0.315. The molecule has 1 rings (SSSR count). The Morgan fingerprint density at radius 3 is 2.65 bits per heavy atom. The summed E-state index contributed by atoms with van der Waals surface area (Å²) in [6, 6.07) is 2.05. The monoisotopic (exact) mass is 241 g/mol. The topological polar surface area (TPSA) is 51.5 Å². The van der Waals surface area contributed by atoms with E-state index in [4.69, 9.17) is 19.5 Å². The van der Waals surface area contributed by atoms with Crippen LogP contribution in [0.15, 0.2) is 0 Å². The molecule has 0 N–H and O–H groups in total. The van der Waals surface area contributed by atoms with E-state index in [1.54, 1.807) is 0 Å². The van der Waals surface area contributed by atoms with Crippen LogP contribution in [0.3, 0.4) is 0 Å². The summed E-state index contributed by atoms with van der Waals surface area (Å²) in [7, 11) is 0. The van der Waals surface area contributed by atoms with Crippen molar-refractivity contribution in [2.24, 2.45) is 0 Å². The van der Waals surface area contributed by atoms with Gasteiger partial charge in [-0.15, -0.1) is 0 Å². The van der Waals surface area contributed by atoms with Crippen molar-refractivity contribution in [2.75, 3.05) is 33.0 Å². The Kier molecular flexibility index (Phi) is 8.93. The summed E-state index contributed by atoms with van der Waals surface area (Å²) in [5.41, 5.74) is 0. The predicted molar refractivity (Wildman–Crippen MR) is 64.7 cm³/mol. The quantitative estimate of drug-likeness (QED) is 0.581. The number of rotatable bonds is 9. The Hall–Kier alpha value is -0.630. The minimum atomic E-state index is 0.315. The molecule has 1 fully saturated rings. The Bertz CT molecular complexity index is 209. The molecule has 4 nitrogen and oxygen atoms in total. The van der Waals surface area contributed by atoms with Gasteiger partial charge in [-0.1, -0.05) is 0 Å². The first-order chi connectivity index (χ1) is 8.43. The zero-order chi connectivity index (χ0) is 12.2. The van der Waals surface area contributed by atoms with Crippen molar-refractivity contribution in [1.82, 2.24) is 0 Å². The van der Waals surface area contributed by atoms with E-state index in [0.717, 1.165) is 45.7 Å². The third-order valence-electron chi connectivity index (χ3n) is 2.76. The standard InChI is InChI=1S/C13H23NO3/c14-7-5-10-15-8-3-4-9-16-12-13-6-1-2-11-17-13/h13H,1-6,8-12H2. The van der Waals surface area contributed by atoms with Crippen LogP contribution in [0.25, 0.3) is 0 Å². The summed E-state index contributed by atoms with van der Waals surface area (Å²) >= 11 is 0. The fourth-order valence-electron chi connectivity index (χ4n) is 1.78. The summed E-state index contributed by atoms with van der Waals surface area (Å²) in [4.78, 5) is 0. The maximum Gasteiger partial charge on any atom is 0.0808 e. The number of unbranched alkanes of at least 4 members (excludes halogenated alkanes) is 1. The summed E-state index contributed by atoms with van der Waals surface area (Å²) in [6.45, 7) is 3.68. The second-order valence-corrected chi connectivity index (χ2v) is 4.29. The number of hydrogen-bond donors (Lipinski definition) is 0. The van der Waals surface area contributed by atoms with Gasteiger partial charge in [-0.3, -0.25) is 0 Å². The first-order valence-corrected chi connectivity index (χ1v) is 6.57. The zero-order valence-corrected chi connectivity index (χ0v) is 10.5. The molecule has 0 amide bonds. The molecule has 4 heteroatoms. The van der Waals surface area contributed by atoms with Crippen molar-refractivity contribution in [3.05, 3.63) is 0 Å². The average molecular weight is 241 g/mol. The maximum atomic E-state index is 8.30. The van der Waals surface area contributed by atoms with E-state index in [1.807, 2.05) is 0 Å². The normalized spacial score (nSPS) is 20.1. The van der Waals surface area contributed by atoms with E-state index < -0.39 is 0 Å². The molecule has 1 unspecified atom stereocenters. The molecule has 0 aromatic carbocycles. The van der Waals surface area contributed by atoms with Gasteiger partial charge in [0.25, 0.3) is 0 Å². The van der Waals surface area contributed by atoms with Crippen molar-refractivity contribution in [3.8, 4) is 6.07 Å². The minimum Gasteiger partial charge on any atom is -0.380 e. The van der Waals surface area contributed by atoms with Crippen LogP contribution in [0.5, 0.6) is 0 Å². The van der Waals surface area contributed by atoms with Gasteiger partial charge in [0.05, 0.1) is 31.8 Å². The van der Waals surface area contributed by atoms with Crippen LogP contribution < -0.4 is 0 Å². The van der Waals surface area contributed by atoms with E-state index >= 15 is 0 Å². The first-order valence-electron chi connectivity index (χ1n) is 6.57. The van der Waals surface area contributed by atoms with Crippen molar-refractivity contribution < 1.29 is 14.2 Å². The number of hydrogen-bond acceptors (Lipinski definition) is 4. The Morgan fingerprint density at radius 2 is 1.94 bits per heavy atom. The van der Waals surface area contributed by atoms with Crippen LogP contribution in [0, 0.1) is 11.3 Å². The van der Waals surface area contributed by atoms with Crippen LogP contribution >= 0.6 is 0 Å². The van der Waals surface area contributed by atoms with Crippen LogP contribution in [-0.2, 0) is 14.2 Å². The Morgan fingerprint density at radius 1 is 1.12 bits per heavy atom. The highest BCUT2D eigenvalue weighted by Gasteiger charge is 2.13. The summed E-state index contributed by atoms with van der Waals surface area (Å²) in [5, 5.41) is 8.30. The highest BCUT2D eigenvalue weighted by Crippen LogP contribution is 2.12. The number of nitrogens with zero attached hydrogens (tertiary/aromatic N) is 1. The second kappa shape index (κ2) is 10.5.